The Bertz CT molecular complexity index is 714. The number of alkyl halides is 3. The molecule has 0 aromatic carbocycles. The van der Waals surface area contributed by atoms with E-state index in [1.807, 2.05) is 0 Å². The fourth-order valence-corrected chi connectivity index (χ4v) is 4.90. The van der Waals surface area contributed by atoms with Crippen LogP contribution in [-0.4, -0.2) is 58.6 Å². The van der Waals surface area contributed by atoms with Gasteiger partial charge in [0.15, 0.2) is 0 Å². The van der Waals surface area contributed by atoms with Crippen molar-refractivity contribution in [3.05, 3.63) is 29.6 Å². The standard InChI is InChI=1S/C20H26F3N3O2/c1-12(2)15-11-28-16-10-25(9-14-4-6-18(27)26(15)19(14)16)8-13-3-5-17(24-7-13)20(21,22)23/h3,5,7,12,14-16,19H,4,6,8-11H2,1-2H3/t14-,15-,16?,19?/m1/s1. The molecule has 0 N–H and O–H groups in total. The van der Waals surface area contributed by atoms with E-state index in [1.165, 1.54) is 12.3 Å². The number of hydrogen-bond acceptors (Lipinski definition) is 4. The molecule has 0 bridgehead atoms. The van der Waals surface area contributed by atoms with Crippen LogP contribution in [0.5, 0.6) is 0 Å². The highest BCUT2D eigenvalue weighted by Crippen LogP contribution is 2.38. The van der Waals surface area contributed by atoms with Crippen LogP contribution in [0.4, 0.5) is 13.2 Å². The third-order valence-electron chi connectivity index (χ3n) is 6.26. The van der Waals surface area contributed by atoms with Gasteiger partial charge in [-0.3, -0.25) is 14.7 Å². The molecular formula is C20H26F3N3O2. The molecule has 0 radical (unpaired) electrons. The molecule has 1 aromatic rings. The van der Waals surface area contributed by atoms with Gasteiger partial charge in [-0.2, -0.15) is 13.2 Å². The summed E-state index contributed by atoms with van der Waals surface area (Å²) in [7, 11) is 0. The molecule has 1 amide bonds. The third-order valence-corrected chi connectivity index (χ3v) is 6.26. The molecule has 3 saturated heterocycles. The van der Waals surface area contributed by atoms with E-state index in [9.17, 15) is 18.0 Å². The Morgan fingerprint density at radius 1 is 1.29 bits per heavy atom. The molecule has 4 rings (SSSR count). The van der Waals surface area contributed by atoms with Gasteiger partial charge in [-0.15, -0.1) is 0 Å². The highest BCUT2D eigenvalue weighted by Gasteiger charge is 2.50. The smallest absolute Gasteiger partial charge is 0.373 e. The van der Waals surface area contributed by atoms with Gasteiger partial charge in [0.25, 0.3) is 0 Å². The number of morpholine rings is 1. The molecule has 8 heteroatoms. The largest absolute Gasteiger partial charge is 0.433 e. The molecule has 0 spiro atoms. The second-order valence-electron chi connectivity index (χ2n) is 8.52. The first-order valence-electron chi connectivity index (χ1n) is 9.91. The molecule has 0 saturated carbocycles. The number of rotatable bonds is 3. The van der Waals surface area contributed by atoms with Crippen molar-refractivity contribution in [2.75, 3.05) is 19.7 Å². The summed E-state index contributed by atoms with van der Waals surface area (Å²) >= 11 is 0. The Morgan fingerprint density at radius 2 is 2.07 bits per heavy atom. The highest BCUT2D eigenvalue weighted by atomic mass is 19.4. The lowest BCUT2D eigenvalue weighted by molar-refractivity contribution is -0.187. The number of aromatic nitrogens is 1. The van der Waals surface area contributed by atoms with E-state index in [0.717, 1.165) is 24.6 Å². The average Bonchev–Trinajstić information content (AvgIpc) is 2.64. The number of piperidine rings is 2. The SMILES string of the molecule is CC(C)[C@H]1COC2CN(Cc3ccc(C(F)(F)F)nc3)C[C@H]3CCC(=O)N1C23. The second kappa shape index (κ2) is 7.30. The summed E-state index contributed by atoms with van der Waals surface area (Å²) < 4.78 is 44.3. The minimum atomic E-state index is -4.42. The zero-order chi connectivity index (χ0) is 20.1. The van der Waals surface area contributed by atoms with Crippen LogP contribution >= 0.6 is 0 Å². The molecule has 5 nitrogen and oxygen atoms in total. The summed E-state index contributed by atoms with van der Waals surface area (Å²) in [5.74, 6) is 0.911. The fraction of sp³-hybridized carbons (Fsp3) is 0.700. The fourth-order valence-electron chi connectivity index (χ4n) is 4.90. The van der Waals surface area contributed by atoms with Crippen molar-refractivity contribution in [2.45, 2.75) is 57.6 Å². The monoisotopic (exact) mass is 397 g/mol. The summed E-state index contributed by atoms with van der Waals surface area (Å²) in [6.07, 6.45) is -1.75. The number of carbonyl (C=O) groups is 1. The van der Waals surface area contributed by atoms with Gasteiger partial charge in [-0.05, 0) is 29.9 Å². The van der Waals surface area contributed by atoms with E-state index < -0.39 is 11.9 Å². The lowest BCUT2D eigenvalue weighted by Crippen LogP contribution is -2.70. The van der Waals surface area contributed by atoms with Gasteiger partial charge in [0.05, 0.1) is 24.8 Å². The number of likely N-dealkylation sites (tertiary alicyclic amines) is 1. The minimum Gasteiger partial charge on any atom is -0.373 e. The quantitative estimate of drug-likeness (QED) is 0.787. The first-order chi connectivity index (χ1) is 13.2. The lowest BCUT2D eigenvalue weighted by Gasteiger charge is -2.56. The van der Waals surface area contributed by atoms with Gasteiger partial charge in [0, 0.05) is 32.3 Å². The average molecular weight is 397 g/mol. The summed E-state index contributed by atoms with van der Waals surface area (Å²) in [6, 6.07) is 2.77. The predicted octanol–water partition coefficient (Wildman–Crippen LogP) is 2.95. The molecule has 3 aliphatic heterocycles. The number of carbonyl (C=O) groups excluding carboxylic acids is 1. The molecular weight excluding hydrogens is 371 g/mol. The number of ether oxygens (including phenoxy) is 1. The summed E-state index contributed by atoms with van der Waals surface area (Å²) in [5, 5.41) is 0. The van der Waals surface area contributed by atoms with Gasteiger partial charge in [0.2, 0.25) is 5.91 Å². The predicted molar refractivity (Wildman–Crippen MR) is 96.2 cm³/mol. The molecule has 1 aromatic heterocycles. The van der Waals surface area contributed by atoms with Crippen molar-refractivity contribution < 1.29 is 22.7 Å². The van der Waals surface area contributed by atoms with Crippen molar-refractivity contribution in [1.82, 2.24) is 14.8 Å². The van der Waals surface area contributed by atoms with Crippen LogP contribution in [0.15, 0.2) is 18.3 Å². The maximum absolute atomic E-state index is 12.7. The normalized spacial score (nSPS) is 31.2. The summed E-state index contributed by atoms with van der Waals surface area (Å²) in [6.45, 7) is 6.83. The number of pyridine rings is 1. The first kappa shape index (κ1) is 19.6. The maximum atomic E-state index is 12.7. The van der Waals surface area contributed by atoms with Crippen molar-refractivity contribution in [1.29, 1.82) is 0 Å². The molecule has 4 heterocycles. The Morgan fingerprint density at radius 3 is 2.71 bits per heavy atom. The van der Waals surface area contributed by atoms with E-state index in [0.29, 0.717) is 38.0 Å². The first-order valence-corrected chi connectivity index (χ1v) is 9.91. The van der Waals surface area contributed by atoms with E-state index >= 15 is 0 Å². The maximum Gasteiger partial charge on any atom is 0.433 e. The lowest BCUT2D eigenvalue weighted by atomic mass is 9.78. The van der Waals surface area contributed by atoms with Crippen LogP contribution < -0.4 is 0 Å². The summed E-state index contributed by atoms with van der Waals surface area (Å²) in [5.41, 5.74) is -0.113. The molecule has 154 valence electrons. The van der Waals surface area contributed by atoms with Gasteiger partial charge < -0.3 is 9.64 Å². The summed E-state index contributed by atoms with van der Waals surface area (Å²) in [4.78, 5) is 20.5. The zero-order valence-electron chi connectivity index (χ0n) is 16.2. The Kier molecular flexibility index (Phi) is 5.12. The molecule has 2 unspecified atom stereocenters. The molecule has 4 atom stereocenters. The van der Waals surface area contributed by atoms with E-state index in [4.69, 9.17) is 4.74 Å². The molecule has 3 aliphatic rings. The number of nitrogens with zero attached hydrogens (tertiary/aromatic N) is 3. The zero-order valence-corrected chi connectivity index (χ0v) is 16.2. The Hall–Kier alpha value is -1.67. The van der Waals surface area contributed by atoms with Crippen molar-refractivity contribution in [3.63, 3.8) is 0 Å². The van der Waals surface area contributed by atoms with E-state index in [1.54, 1.807) is 0 Å². The van der Waals surface area contributed by atoms with Crippen LogP contribution in [0, 0.1) is 11.8 Å². The molecule has 0 aliphatic carbocycles. The van der Waals surface area contributed by atoms with Crippen molar-refractivity contribution in [2.24, 2.45) is 11.8 Å². The minimum absolute atomic E-state index is 0.0413. The number of hydrogen-bond donors (Lipinski definition) is 0. The van der Waals surface area contributed by atoms with Gasteiger partial charge in [-0.1, -0.05) is 19.9 Å². The highest BCUT2D eigenvalue weighted by molar-refractivity contribution is 5.78. The van der Waals surface area contributed by atoms with Crippen molar-refractivity contribution in [3.8, 4) is 0 Å². The van der Waals surface area contributed by atoms with Crippen LogP contribution in [0.2, 0.25) is 0 Å². The van der Waals surface area contributed by atoms with Crippen LogP contribution in [0.1, 0.15) is 37.9 Å². The number of amides is 1. The topological polar surface area (TPSA) is 45.7 Å². The van der Waals surface area contributed by atoms with E-state index in [2.05, 4.69) is 28.6 Å². The third kappa shape index (κ3) is 3.64. The van der Waals surface area contributed by atoms with Crippen LogP contribution in [0.3, 0.4) is 0 Å². The Balaban J connectivity index is 1.47. The molecule has 3 fully saturated rings. The van der Waals surface area contributed by atoms with Crippen LogP contribution in [0.25, 0.3) is 0 Å². The van der Waals surface area contributed by atoms with Gasteiger partial charge in [-0.25, -0.2) is 0 Å². The van der Waals surface area contributed by atoms with Gasteiger partial charge >= 0.3 is 6.18 Å². The number of halogens is 3. The van der Waals surface area contributed by atoms with Gasteiger partial charge in [0.1, 0.15) is 5.69 Å². The second-order valence-corrected chi connectivity index (χ2v) is 8.52. The Labute approximate surface area is 162 Å². The van der Waals surface area contributed by atoms with Crippen LogP contribution in [-0.2, 0) is 22.3 Å². The molecule has 28 heavy (non-hydrogen) atoms. The van der Waals surface area contributed by atoms with E-state index in [-0.39, 0.29) is 24.1 Å². The van der Waals surface area contributed by atoms with Crippen molar-refractivity contribution >= 4 is 5.91 Å².